The lowest BCUT2D eigenvalue weighted by Gasteiger charge is -2.45. The summed E-state index contributed by atoms with van der Waals surface area (Å²) in [5.41, 5.74) is 3.47. The molecular formula is C16H21N5S. The molecule has 5 nitrogen and oxygen atoms in total. The Morgan fingerprint density at radius 2 is 2.32 bits per heavy atom. The van der Waals surface area contributed by atoms with Crippen LogP contribution in [0.5, 0.6) is 0 Å². The van der Waals surface area contributed by atoms with Gasteiger partial charge in [0.05, 0.1) is 5.51 Å². The van der Waals surface area contributed by atoms with Gasteiger partial charge in [-0.25, -0.2) is 9.97 Å². The molecule has 4 rings (SSSR count). The van der Waals surface area contributed by atoms with Gasteiger partial charge in [0.2, 0.25) is 0 Å². The molecule has 2 aliphatic rings. The second-order valence-corrected chi connectivity index (χ2v) is 7.69. The number of aryl methyl sites for hydroxylation is 1. The SMILES string of the molecule is Cc1cc(NC2CC3(CCN(Cc4cncs4)C3)C2)ncn1. The number of hydrogen-bond acceptors (Lipinski definition) is 6. The molecule has 2 aromatic rings. The third-order valence-corrected chi connectivity index (χ3v) is 5.66. The third kappa shape index (κ3) is 2.85. The van der Waals surface area contributed by atoms with Crippen LogP contribution in [0.25, 0.3) is 0 Å². The van der Waals surface area contributed by atoms with Gasteiger partial charge in [0.25, 0.3) is 0 Å². The Balaban J connectivity index is 1.29. The average molecular weight is 315 g/mol. The molecule has 1 aliphatic heterocycles. The zero-order chi connectivity index (χ0) is 15.0. The van der Waals surface area contributed by atoms with E-state index in [4.69, 9.17) is 0 Å². The molecule has 2 fully saturated rings. The molecule has 1 spiro atoms. The van der Waals surface area contributed by atoms with E-state index in [0.29, 0.717) is 11.5 Å². The van der Waals surface area contributed by atoms with Gasteiger partial charge in [-0.2, -0.15) is 0 Å². The lowest BCUT2D eigenvalue weighted by Crippen LogP contribution is -2.46. The molecule has 1 saturated heterocycles. The lowest BCUT2D eigenvalue weighted by molar-refractivity contribution is 0.120. The van der Waals surface area contributed by atoms with Crippen molar-refractivity contribution in [2.45, 2.75) is 38.8 Å². The van der Waals surface area contributed by atoms with Gasteiger partial charge in [-0.05, 0) is 38.1 Å². The minimum absolute atomic E-state index is 0.532. The Bertz CT molecular complexity index is 636. The van der Waals surface area contributed by atoms with Crippen LogP contribution in [0.2, 0.25) is 0 Å². The number of thiazole rings is 1. The number of likely N-dealkylation sites (tertiary alicyclic amines) is 1. The molecule has 0 bridgehead atoms. The van der Waals surface area contributed by atoms with Gasteiger partial charge in [0.15, 0.2) is 0 Å². The fraction of sp³-hybridized carbons (Fsp3) is 0.562. The van der Waals surface area contributed by atoms with Gasteiger partial charge in [-0.1, -0.05) is 0 Å². The van der Waals surface area contributed by atoms with Crippen molar-refractivity contribution in [3.05, 3.63) is 34.7 Å². The molecule has 0 unspecified atom stereocenters. The van der Waals surface area contributed by atoms with Crippen molar-refractivity contribution in [2.24, 2.45) is 5.41 Å². The summed E-state index contributed by atoms with van der Waals surface area (Å²) < 4.78 is 0. The van der Waals surface area contributed by atoms with Crippen LogP contribution in [0.1, 0.15) is 29.8 Å². The largest absolute Gasteiger partial charge is 0.367 e. The first-order valence-corrected chi connectivity index (χ1v) is 8.74. The summed E-state index contributed by atoms with van der Waals surface area (Å²) in [6.07, 6.45) is 7.48. The second-order valence-electron chi connectivity index (χ2n) is 6.72. The first-order chi connectivity index (χ1) is 10.7. The van der Waals surface area contributed by atoms with Crippen molar-refractivity contribution >= 4 is 17.2 Å². The summed E-state index contributed by atoms with van der Waals surface area (Å²) in [6, 6.07) is 2.59. The molecule has 116 valence electrons. The maximum Gasteiger partial charge on any atom is 0.129 e. The van der Waals surface area contributed by atoms with Gasteiger partial charge < -0.3 is 5.32 Å². The van der Waals surface area contributed by atoms with Crippen molar-refractivity contribution in [3.8, 4) is 0 Å². The highest BCUT2D eigenvalue weighted by molar-refractivity contribution is 7.09. The van der Waals surface area contributed by atoms with Crippen molar-refractivity contribution in [2.75, 3.05) is 18.4 Å². The molecule has 0 aromatic carbocycles. The molecule has 6 heteroatoms. The van der Waals surface area contributed by atoms with Crippen molar-refractivity contribution in [3.63, 3.8) is 0 Å². The summed E-state index contributed by atoms with van der Waals surface area (Å²) in [6.45, 7) is 5.52. The van der Waals surface area contributed by atoms with E-state index in [1.807, 2.05) is 24.7 Å². The summed E-state index contributed by atoms with van der Waals surface area (Å²) in [5, 5.41) is 3.55. The predicted molar refractivity (Wildman–Crippen MR) is 87.9 cm³/mol. The molecule has 2 aromatic heterocycles. The topological polar surface area (TPSA) is 53.9 Å². The molecule has 0 atom stereocenters. The lowest BCUT2D eigenvalue weighted by atomic mass is 9.65. The maximum absolute atomic E-state index is 4.30. The van der Waals surface area contributed by atoms with E-state index in [1.54, 1.807) is 17.7 Å². The number of hydrogen-bond donors (Lipinski definition) is 1. The number of anilines is 1. The molecule has 1 aliphatic carbocycles. The molecular weight excluding hydrogens is 294 g/mol. The molecule has 3 heterocycles. The minimum atomic E-state index is 0.532. The fourth-order valence-corrected chi connectivity index (χ4v) is 4.50. The first-order valence-electron chi connectivity index (χ1n) is 7.86. The Morgan fingerprint density at radius 3 is 3.09 bits per heavy atom. The zero-order valence-electron chi connectivity index (χ0n) is 12.8. The summed E-state index contributed by atoms with van der Waals surface area (Å²) in [4.78, 5) is 16.6. The van der Waals surface area contributed by atoms with Crippen LogP contribution in [0.15, 0.2) is 24.1 Å². The maximum atomic E-state index is 4.30. The van der Waals surface area contributed by atoms with Crippen LogP contribution in [0, 0.1) is 12.3 Å². The highest BCUT2D eigenvalue weighted by Gasteiger charge is 2.48. The van der Waals surface area contributed by atoms with Crippen LogP contribution >= 0.6 is 11.3 Å². The van der Waals surface area contributed by atoms with Crippen molar-refractivity contribution < 1.29 is 0 Å². The van der Waals surface area contributed by atoms with Crippen LogP contribution in [-0.4, -0.2) is 39.0 Å². The Hall–Kier alpha value is -1.53. The van der Waals surface area contributed by atoms with E-state index in [0.717, 1.165) is 18.1 Å². The highest BCUT2D eigenvalue weighted by Crippen LogP contribution is 2.49. The van der Waals surface area contributed by atoms with Gasteiger partial charge >= 0.3 is 0 Å². The van der Waals surface area contributed by atoms with E-state index in [-0.39, 0.29) is 0 Å². The van der Waals surface area contributed by atoms with Gasteiger partial charge in [-0.15, -0.1) is 11.3 Å². The van der Waals surface area contributed by atoms with E-state index in [1.165, 1.54) is 37.2 Å². The molecule has 1 N–H and O–H groups in total. The average Bonchev–Trinajstić information content (AvgIpc) is 3.09. The smallest absolute Gasteiger partial charge is 0.129 e. The Morgan fingerprint density at radius 1 is 1.41 bits per heavy atom. The fourth-order valence-electron chi connectivity index (χ4n) is 3.87. The molecule has 1 saturated carbocycles. The van der Waals surface area contributed by atoms with E-state index in [9.17, 15) is 0 Å². The van der Waals surface area contributed by atoms with Crippen LogP contribution in [0.4, 0.5) is 5.82 Å². The second kappa shape index (κ2) is 5.59. The Labute approximate surface area is 134 Å². The zero-order valence-corrected chi connectivity index (χ0v) is 13.6. The molecule has 0 amide bonds. The summed E-state index contributed by atoms with van der Waals surface area (Å²) in [5.74, 6) is 0.965. The highest BCUT2D eigenvalue weighted by atomic mass is 32.1. The number of aromatic nitrogens is 3. The van der Waals surface area contributed by atoms with Gasteiger partial charge in [0, 0.05) is 42.0 Å². The van der Waals surface area contributed by atoms with Crippen LogP contribution < -0.4 is 5.32 Å². The predicted octanol–water partition coefficient (Wildman–Crippen LogP) is 2.71. The third-order valence-electron chi connectivity index (χ3n) is 4.89. The molecule has 22 heavy (non-hydrogen) atoms. The number of nitrogens with one attached hydrogen (secondary N) is 1. The number of nitrogens with zero attached hydrogens (tertiary/aromatic N) is 4. The summed E-state index contributed by atoms with van der Waals surface area (Å²) >= 11 is 1.76. The van der Waals surface area contributed by atoms with Crippen LogP contribution in [0.3, 0.4) is 0 Å². The van der Waals surface area contributed by atoms with Gasteiger partial charge in [-0.3, -0.25) is 9.88 Å². The monoisotopic (exact) mass is 315 g/mol. The van der Waals surface area contributed by atoms with Crippen molar-refractivity contribution in [1.82, 2.24) is 19.9 Å². The minimum Gasteiger partial charge on any atom is -0.367 e. The quantitative estimate of drug-likeness (QED) is 0.940. The van der Waals surface area contributed by atoms with E-state index in [2.05, 4.69) is 25.2 Å². The first kappa shape index (κ1) is 14.1. The standard InChI is InChI=1S/C16H21N5S/c1-12-4-15(19-10-18-12)20-13-5-16(6-13)2-3-21(9-16)8-14-7-17-11-22-14/h4,7,10-11,13H,2-3,5-6,8-9H2,1H3,(H,18,19,20). The normalized spacial score (nSPS) is 28.0. The summed E-state index contributed by atoms with van der Waals surface area (Å²) in [7, 11) is 0. The van der Waals surface area contributed by atoms with Crippen molar-refractivity contribution in [1.29, 1.82) is 0 Å². The van der Waals surface area contributed by atoms with Gasteiger partial charge in [0.1, 0.15) is 12.1 Å². The Kier molecular flexibility index (Phi) is 3.58. The number of rotatable bonds is 4. The molecule has 0 radical (unpaired) electrons. The van der Waals surface area contributed by atoms with E-state index >= 15 is 0 Å². The van der Waals surface area contributed by atoms with Crippen LogP contribution in [-0.2, 0) is 6.54 Å². The van der Waals surface area contributed by atoms with E-state index < -0.39 is 0 Å².